The van der Waals surface area contributed by atoms with E-state index >= 15 is 0 Å². The van der Waals surface area contributed by atoms with Crippen LogP contribution in [0.5, 0.6) is 0 Å². The van der Waals surface area contributed by atoms with E-state index < -0.39 is 17.8 Å². The van der Waals surface area contributed by atoms with Gasteiger partial charge in [-0.15, -0.1) is 0 Å². The molecule has 2 aliphatic rings. The first-order valence-corrected chi connectivity index (χ1v) is 7.40. The lowest BCUT2D eigenvalue weighted by atomic mass is 9.82. The fraction of sp³-hybridized carbons (Fsp3) is 0.333. The molecular weight excluding hydrogens is 313 g/mol. The third-order valence-electron chi connectivity index (χ3n) is 4.24. The monoisotopic (exact) mass is 325 g/mol. The van der Waals surface area contributed by atoms with E-state index in [2.05, 4.69) is 5.32 Å². The molecule has 2 aliphatic carbocycles. The zero-order valence-corrected chi connectivity index (χ0v) is 12.4. The lowest BCUT2D eigenvalue weighted by molar-refractivity contribution is -0.146. The van der Waals surface area contributed by atoms with Gasteiger partial charge in [0.25, 0.3) is 0 Å². The summed E-state index contributed by atoms with van der Waals surface area (Å²) in [5, 5.41) is 12.9. The molecule has 2 N–H and O–H groups in total. The van der Waals surface area contributed by atoms with Crippen molar-refractivity contribution in [3.63, 3.8) is 0 Å². The molecule has 1 saturated carbocycles. The number of hydrogen-bond donors (Lipinski definition) is 2. The van der Waals surface area contributed by atoms with Crippen LogP contribution in [0.3, 0.4) is 0 Å². The van der Waals surface area contributed by atoms with Crippen LogP contribution in [0.1, 0.15) is 6.42 Å². The van der Waals surface area contributed by atoms with Crippen molar-refractivity contribution in [2.24, 2.45) is 23.7 Å². The van der Waals surface area contributed by atoms with Crippen LogP contribution in [0.15, 0.2) is 30.4 Å². The first-order chi connectivity index (χ1) is 9.97. The van der Waals surface area contributed by atoms with E-state index in [4.69, 9.17) is 23.2 Å². The highest BCUT2D eigenvalue weighted by atomic mass is 35.5. The number of rotatable bonds is 3. The summed E-state index contributed by atoms with van der Waals surface area (Å²) in [7, 11) is 0. The lowest BCUT2D eigenvalue weighted by Gasteiger charge is -2.24. The van der Waals surface area contributed by atoms with Gasteiger partial charge in [0.2, 0.25) is 5.91 Å². The molecule has 6 heteroatoms. The van der Waals surface area contributed by atoms with Gasteiger partial charge in [-0.25, -0.2) is 0 Å². The first kappa shape index (κ1) is 14.4. The van der Waals surface area contributed by atoms with Crippen LogP contribution in [0, 0.1) is 23.7 Å². The predicted octanol–water partition coefficient (Wildman–Crippen LogP) is 3.45. The van der Waals surface area contributed by atoms with Crippen molar-refractivity contribution in [3.05, 3.63) is 40.4 Å². The molecule has 0 heterocycles. The third kappa shape index (κ3) is 2.54. The van der Waals surface area contributed by atoms with Gasteiger partial charge in [-0.1, -0.05) is 35.4 Å². The third-order valence-corrected chi connectivity index (χ3v) is 4.78. The lowest BCUT2D eigenvalue weighted by Crippen LogP contribution is -2.36. The van der Waals surface area contributed by atoms with E-state index in [-0.39, 0.29) is 17.7 Å². The Kier molecular flexibility index (Phi) is 3.68. The summed E-state index contributed by atoms with van der Waals surface area (Å²) in [6.07, 6.45) is 4.57. The highest BCUT2D eigenvalue weighted by Gasteiger charge is 2.51. The normalized spacial score (nSPS) is 29.6. The number of carboxylic acid groups (broad SMARTS) is 1. The standard InChI is InChI=1S/C15H13Cl2NO3/c16-9-3-4-11(10(17)6-9)18-14(19)12-7-1-2-8(5-7)13(12)15(20)21/h1-4,6-8,12-13H,5H2,(H,18,19)(H,20,21). The average Bonchev–Trinajstić information content (AvgIpc) is 3.02. The van der Waals surface area contributed by atoms with Crippen LogP contribution in [0.25, 0.3) is 0 Å². The van der Waals surface area contributed by atoms with Crippen molar-refractivity contribution in [2.75, 3.05) is 5.32 Å². The maximum Gasteiger partial charge on any atom is 0.307 e. The second-order valence-corrected chi connectivity index (χ2v) is 6.30. The fourth-order valence-electron chi connectivity index (χ4n) is 3.32. The van der Waals surface area contributed by atoms with Crippen molar-refractivity contribution in [2.45, 2.75) is 6.42 Å². The maximum absolute atomic E-state index is 12.5. The number of aliphatic carboxylic acids is 1. The minimum atomic E-state index is -0.922. The first-order valence-electron chi connectivity index (χ1n) is 6.64. The van der Waals surface area contributed by atoms with Crippen LogP contribution < -0.4 is 5.32 Å². The molecule has 110 valence electrons. The number of carbonyl (C=O) groups is 2. The Balaban J connectivity index is 1.82. The number of fused-ring (bicyclic) bond motifs is 2. The van der Waals surface area contributed by atoms with E-state index in [1.54, 1.807) is 12.1 Å². The maximum atomic E-state index is 12.5. The summed E-state index contributed by atoms with van der Waals surface area (Å²) in [6, 6.07) is 4.77. The Morgan fingerprint density at radius 3 is 2.43 bits per heavy atom. The van der Waals surface area contributed by atoms with Gasteiger partial charge >= 0.3 is 5.97 Å². The van der Waals surface area contributed by atoms with Crippen LogP contribution in [0.4, 0.5) is 5.69 Å². The Morgan fingerprint density at radius 2 is 1.81 bits per heavy atom. The number of anilines is 1. The molecule has 0 spiro atoms. The molecule has 0 saturated heterocycles. The van der Waals surface area contributed by atoms with E-state index in [0.29, 0.717) is 15.7 Å². The fourth-order valence-corrected chi connectivity index (χ4v) is 3.78. The molecule has 0 radical (unpaired) electrons. The molecule has 21 heavy (non-hydrogen) atoms. The minimum Gasteiger partial charge on any atom is -0.481 e. The Bertz CT molecular complexity index is 644. The van der Waals surface area contributed by atoms with E-state index in [1.807, 2.05) is 12.2 Å². The molecular formula is C15H13Cl2NO3. The van der Waals surface area contributed by atoms with E-state index in [1.165, 1.54) is 6.07 Å². The summed E-state index contributed by atoms with van der Waals surface area (Å²) in [5.74, 6) is -2.50. The number of carbonyl (C=O) groups excluding carboxylic acids is 1. The van der Waals surface area contributed by atoms with Crippen molar-refractivity contribution in [3.8, 4) is 0 Å². The largest absolute Gasteiger partial charge is 0.481 e. The highest BCUT2D eigenvalue weighted by molar-refractivity contribution is 6.36. The van der Waals surface area contributed by atoms with Crippen LogP contribution in [0.2, 0.25) is 10.0 Å². The van der Waals surface area contributed by atoms with Crippen molar-refractivity contribution in [1.82, 2.24) is 0 Å². The zero-order valence-electron chi connectivity index (χ0n) is 10.9. The van der Waals surface area contributed by atoms with E-state index in [0.717, 1.165) is 6.42 Å². The summed E-state index contributed by atoms with van der Waals surface area (Å²) in [4.78, 5) is 23.9. The molecule has 0 aromatic heterocycles. The molecule has 1 fully saturated rings. The number of allylic oxidation sites excluding steroid dienone is 2. The second kappa shape index (κ2) is 5.35. The Morgan fingerprint density at radius 1 is 1.14 bits per heavy atom. The number of benzene rings is 1. The van der Waals surface area contributed by atoms with Gasteiger partial charge in [0.05, 0.1) is 22.5 Å². The number of halogens is 2. The second-order valence-electron chi connectivity index (χ2n) is 5.45. The summed E-state index contributed by atoms with van der Waals surface area (Å²) < 4.78 is 0. The van der Waals surface area contributed by atoms with Crippen LogP contribution in [-0.2, 0) is 9.59 Å². The van der Waals surface area contributed by atoms with Crippen molar-refractivity contribution < 1.29 is 14.7 Å². The highest BCUT2D eigenvalue weighted by Crippen LogP contribution is 2.48. The number of amides is 1. The molecule has 4 atom stereocenters. The molecule has 0 aliphatic heterocycles. The molecule has 1 aromatic rings. The topological polar surface area (TPSA) is 66.4 Å². The van der Waals surface area contributed by atoms with Gasteiger partial charge < -0.3 is 10.4 Å². The zero-order chi connectivity index (χ0) is 15.1. The quantitative estimate of drug-likeness (QED) is 0.836. The Hall–Kier alpha value is -1.52. The molecule has 4 nitrogen and oxygen atoms in total. The predicted molar refractivity (Wildman–Crippen MR) is 80.4 cm³/mol. The van der Waals surface area contributed by atoms with Crippen LogP contribution in [-0.4, -0.2) is 17.0 Å². The number of nitrogens with one attached hydrogen (secondary N) is 1. The molecule has 2 bridgehead atoms. The van der Waals surface area contributed by atoms with Gasteiger partial charge in [-0.3, -0.25) is 9.59 Å². The average molecular weight is 326 g/mol. The van der Waals surface area contributed by atoms with Gasteiger partial charge in [-0.05, 0) is 36.5 Å². The summed E-state index contributed by atoms with van der Waals surface area (Å²) >= 11 is 11.8. The number of hydrogen-bond acceptors (Lipinski definition) is 2. The van der Waals surface area contributed by atoms with E-state index in [9.17, 15) is 14.7 Å². The molecule has 1 aromatic carbocycles. The summed E-state index contributed by atoms with van der Waals surface area (Å²) in [6.45, 7) is 0. The van der Waals surface area contributed by atoms with Gasteiger partial charge in [0, 0.05) is 5.02 Å². The Labute approximate surface area is 131 Å². The molecule has 4 unspecified atom stereocenters. The smallest absolute Gasteiger partial charge is 0.307 e. The van der Waals surface area contributed by atoms with Crippen molar-refractivity contribution >= 4 is 40.8 Å². The molecule has 3 rings (SSSR count). The van der Waals surface area contributed by atoms with Gasteiger partial charge in [0.1, 0.15) is 0 Å². The molecule has 1 amide bonds. The van der Waals surface area contributed by atoms with Crippen molar-refractivity contribution in [1.29, 1.82) is 0 Å². The van der Waals surface area contributed by atoms with Gasteiger partial charge in [0.15, 0.2) is 0 Å². The van der Waals surface area contributed by atoms with Gasteiger partial charge in [-0.2, -0.15) is 0 Å². The SMILES string of the molecule is O=C(O)C1C2C=CC(C2)C1C(=O)Nc1ccc(Cl)cc1Cl. The minimum absolute atomic E-state index is 0.0119. The summed E-state index contributed by atoms with van der Waals surface area (Å²) in [5.41, 5.74) is 0.446. The number of carboxylic acids is 1. The van der Waals surface area contributed by atoms with Crippen LogP contribution >= 0.6 is 23.2 Å².